The van der Waals surface area contributed by atoms with Crippen LogP contribution in [0.1, 0.15) is 28.8 Å². The summed E-state index contributed by atoms with van der Waals surface area (Å²) in [5, 5.41) is 1.41. The van der Waals surface area contributed by atoms with Gasteiger partial charge in [-0.2, -0.15) is 0 Å². The number of rotatable bonds is 6. The average Bonchev–Trinajstić information content (AvgIpc) is 3.05. The van der Waals surface area contributed by atoms with Gasteiger partial charge in [-0.1, -0.05) is 30.0 Å². The van der Waals surface area contributed by atoms with E-state index in [1.165, 1.54) is 34.7 Å². The lowest BCUT2D eigenvalue weighted by Gasteiger charge is -2.13. The SMILES string of the molecule is COCCn1c(SCc2ccccc2F)nc2sc3c(c2c1=O)CCCC3. The highest BCUT2D eigenvalue weighted by Crippen LogP contribution is 2.35. The summed E-state index contributed by atoms with van der Waals surface area (Å²) in [6, 6.07) is 6.72. The van der Waals surface area contributed by atoms with Crippen LogP contribution in [0.25, 0.3) is 10.2 Å². The highest BCUT2D eigenvalue weighted by Gasteiger charge is 2.22. The van der Waals surface area contributed by atoms with E-state index in [1.54, 1.807) is 35.1 Å². The van der Waals surface area contributed by atoms with Crippen LogP contribution in [0.2, 0.25) is 0 Å². The highest BCUT2D eigenvalue weighted by atomic mass is 32.2. The standard InChI is InChI=1S/C20H21FN2O2S2/c1-25-11-10-23-19(24)17-14-7-3-5-9-16(14)27-18(17)22-20(23)26-12-13-6-2-4-8-15(13)21/h2,4,6,8H,3,5,7,9-12H2,1H3. The number of hydrogen-bond donors (Lipinski definition) is 0. The Balaban J connectivity index is 1.76. The fraction of sp³-hybridized carbons (Fsp3) is 0.400. The first-order valence-corrected chi connectivity index (χ1v) is 10.9. The number of benzene rings is 1. The summed E-state index contributed by atoms with van der Waals surface area (Å²) in [6.07, 6.45) is 4.29. The average molecular weight is 405 g/mol. The van der Waals surface area contributed by atoms with E-state index in [0.717, 1.165) is 29.5 Å². The third-order valence-electron chi connectivity index (χ3n) is 4.87. The molecule has 2 aromatic heterocycles. The van der Waals surface area contributed by atoms with Crippen LogP contribution in [0.15, 0.2) is 34.2 Å². The molecule has 0 spiro atoms. The zero-order chi connectivity index (χ0) is 18.8. The Bertz CT molecular complexity index is 1030. The fourth-order valence-electron chi connectivity index (χ4n) is 3.47. The van der Waals surface area contributed by atoms with Gasteiger partial charge in [-0.05, 0) is 42.9 Å². The largest absolute Gasteiger partial charge is 0.383 e. The van der Waals surface area contributed by atoms with Gasteiger partial charge >= 0.3 is 0 Å². The van der Waals surface area contributed by atoms with Gasteiger partial charge in [0.25, 0.3) is 5.56 Å². The smallest absolute Gasteiger partial charge is 0.263 e. The minimum Gasteiger partial charge on any atom is -0.383 e. The lowest BCUT2D eigenvalue weighted by Crippen LogP contribution is -2.25. The Labute approximate surface area is 165 Å². The van der Waals surface area contributed by atoms with Crippen LogP contribution in [-0.2, 0) is 29.9 Å². The van der Waals surface area contributed by atoms with Crippen molar-refractivity contribution < 1.29 is 9.13 Å². The van der Waals surface area contributed by atoms with E-state index in [-0.39, 0.29) is 11.4 Å². The first kappa shape index (κ1) is 18.7. The third-order valence-corrected chi connectivity index (χ3v) is 7.08. The van der Waals surface area contributed by atoms with E-state index in [0.29, 0.717) is 29.6 Å². The van der Waals surface area contributed by atoms with E-state index < -0.39 is 0 Å². The summed E-state index contributed by atoms with van der Waals surface area (Å²) in [6.45, 7) is 0.884. The van der Waals surface area contributed by atoms with Gasteiger partial charge in [0.05, 0.1) is 18.5 Å². The predicted octanol–water partition coefficient (Wildman–Crippen LogP) is 4.41. The van der Waals surface area contributed by atoms with E-state index in [1.807, 2.05) is 6.07 Å². The summed E-state index contributed by atoms with van der Waals surface area (Å²) in [4.78, 5) is 20.2. The number of aromatic nitrogens is 2. The minimum absolute atomic E-state index is 0.00693. The van der Waals surface area contributed by atoms with Crippen LogP contribution in [-0.4, -0.2) is 23.3 Å². The van der Waals surface area contributed by atoms with Gasteiger partial charge in [0.2, 0.25) is 0 Å². The van der Waals surface area contributed by atoms with Crippen molar-refractivity contribution in [2.24, 2.45) is 0 Å². The van der Waals surface area contributed by atoms with Crippen LogP contribution in [0.4, 0.5) is 4.39 Å². The molecular weight excluding hydrogens is 383 g/mol. The second kappa shape index (κ2) is 8.12. The molecule has 0 bridgehead atoms. The van der Waals surface area contributed by atoms with Crippen LogP contribution >= 0.6 is 23.1 Å². The maximum atomic E-state index is 14.0. The molecule has 1 aromatic carbocycles. The molecule has 0 unspecified atom stereocenters. The Hall–Kier alpha value is -1.70. The molecule has 0 saturated carbocycles. The lowest BCUT2D eigenvalue weighted by atomic mass is 9.97. The van der Waals surface area contributed by atoms with Crippen molar-refractivity contribution in [1.82, 2.24) is 9.55 Å². The Morgan fingerprint density at radius 2 is 2.11 bits per heavy atom. The zero-order valence-corrected chi connectivity index (χ0v) is 16.8. The van der Waals surface area contributed by atoms with E-state index in [2.05, 4.69) is 0 Å². The van der Waals surface area contributed by atoms with Gasteiger partial charge < -0.3 is 4.74 Å². The summed E-state index contributed by atoms with van der Waals surface area (Å²) >= 11 is 3.04. The maximum absolute atomic E-state index is 14.0. The molecule has 142 valence electrons. The molecular formula is C20H21FN2O2S2. The number of methoxy groups -OCH3 is 1. The number of thiophene rings is 1. The Morgan fingerprint density at radius 1 is 1.30 bits per heavy atom. The number of nitrogens with zero attached hydrogens (tertiary/aromatic N) is 2. The van der Waals surface area contributed by atoms with Crippen molar-refractivity contribution in [3.63, 3.8) is 0 Å². The molecule has 7 heteroatoms. The number of halogens is 1. The van der Waals surface area contributed by atoms with Gasteiger partial charge in [0, 0.05) is 17.7 Å². The maximum Gasteiger partial charge on any atom is 0.263 e. The van der Waals surface area contributed by atoms with Crippen molar-refractivity contribution >= 4 is 33.3 Å². The first-order chi connectivity index (χ1) is 13.2. The van der Waals surface area contributed by atoms with Crippen molar-refractivity contribution in [3.05, 3.63) is 56.4 Å². The topological polar surface area (TPSA) is 44.1 Å². The van der Waals surface area contributed by atoms with E-state index >= 15 is 0 Å². The summed E-state index contributed by atoms with van der Waals surface area (Å²) in [5.41, 5.74) is 1.81. The molecule has 1 aliphatic carbocycles. The van der Waals surface area contributed by atoms with Gasteiger partial charge in [0.15, 0.2) is 5.16 Å². The number of aryl methyl sites for hydroxylation is 2. The van der Waals surface area contributed by atoms with E-state index in [9.17, 15) is 9.18 Å². The van der Waals surface area contributed by atoms with Crippen LogP contribution in [0.3, 0.4) is 0 Å². The van der Waals surface area contributed by atoms with Crippen LogP contribution in [0, 0.1) is 5.82 Å². The number of ether oxygens (including phenoxy) is 1. The van der Waals surface area contributed by atoms with Gasteiger partial charge in [-0.25, -0.2) is 9.37 Å². The Morgan fingerprint density at radius 3 is 2.93 bits per heavy atom. The van der Waals surface area contributed by atoms with Crippen molar-refractivity contribution in [2.75, 3.05) is 13.7 Å². The highest BCUT2D eigenvalue weighted by molar-refractivity contribution is 7.98. The first-order valence-electron chi connectivity index (χ1n) is 9.09. The summed E-state index contributed by atoms with van der Waals surface area (Å²) in [5.74, 6) is 0.200. The molecule has 2 heterocycles. The molecule has 0 N–H and O–H groups in total. The monoisotopic (exact) mass is 404 g/mol. The molecule has 0 saturated heterocycles. The van der Waals surface area contributed by atoms with Gasteiger partial charge in [-0.3, -0.25) is 9.36 Å². The number of hydrogen-bond acceptors (Lipinski definition) is 5. The molecule has 0 fully saturated rings. The normalized spacial score (nSPS) is 13.9. The molecule has 0 atom stereocenters. The number of thioether (sulfide) groups is 1. The molecule has 0 amide bonds. The number of fused-ring (bicyclic) bond motifs is 3. The second-order valence-electron chi connectivity index (χ2n) is 6.62. The molecule has 4 rings (SSSR count). The summed E-state index contributed by atoms with van der Waals surface area (Å²) in [7, 11) is 1.62. The van der Waals surface area contributed by atoms with Crippen molar-refractivity contribution in [1.29, 1.82) is 0 Å². The van der Waals surface area contributed by atoms with Crippen molar-refractivity contribution in [3.8, 4) is 0 Å². The molecule has 0 radical (unpaired) electrons. The molecule has 4 nitrogen and oxygen atoms in total. The van der Waals surface area contributed by atoms with Crippen LogP contribution in [0.5, 0.6) is 0 Å². The van der Waals surface area contributed by atoms with Gasteiger partial charge in [-0.15, -0.1) is 11.3 Å². The minimum atomic E-state index is -0.233. The molecule has 0 aliphatic heterocycles. The third kappa shape index (κ3) is 3.68. The predicted molar refractivity (Wildman–Crippen MR) is 108 cm³/mol. The molecule has 27 heavy (non-hydrogen) atoms. The van der Waals surface area contributed by atoms with Crippen molar-refractivity contribution in [2.45, 2.75) is 43.1 Å². The van der Waals surface area contributed by atoms with E-state index in [4.69, 9.17) is 9.72 Å². The summed E-state index contributed by atoms with van der Waals surface area (Å²) < 4.78 is 20.8. The molecule has 3 aromatic rings. The fourth-order valence-corrected chi connectivity index (χ4v) is 5.78. The zero-order valence-electron chi connectivity index (χ0n) is 15.2. The quantitative estimate of drug-likeness (QED) is 0.451. The van der Waals surface area contributed by atoms with Crippen LogP contribution < -0.4 is 5.56 Å². The second-order valence-corrected chi connectivity index (χ2v) is 8.64. The van der Waals surface area contributed by atoms with Gasteiger partial charge in [0.1, 0.15) is 10.6 Å². The lowest BCUT2D eigenvalue weighted by molar-refractivity contribution is 0.183. The Kier molecular flexibility index (Phi) is 5.61. The molecule has 1 aliphatic rings.